The number of thioether (sulfide) groups is 1. The lowest BCUT2D eigenvalue weighted by atomic mass is 9.68. The molecule has 0 amide bonds. The lowest BCUT2D eigenvalue weighted by Gasteiger charge is -2.37. The molecule has 0 radical (unpaired) electrons. The third-order valence-corrected chi connectivity index (χ3v) is 10.3. The summed E-state index contributed by atoms with van der Waals surface area (Å²) in [5, 5.41) is 34.6. The van der Waals surface area contributed by atoms with Crippen LogP contribution in [0.3, 0.4) is 0 Å². The maximum absolute atomic E-state index is 13.9. The number of ether oxygens (including phenoxy) is 2. The van der Waals surface area contributed by atoms with Crippen molar-refractivity contribution in [3.8, 4) is 0 Å². The quantitative estimate of drug-likeness (QED) is 0.0199. The van der Waals surface area contributed by atoms with E-state index in [2.05, 4.69) is 30.8 Å². The normalized spacial score (nSPS) is 24.1. The fraction of sp³-hybridized carbons (Fsp3) is 0.900. The van der Waals surface area contributed by atoms with Gasteiger partial charge in [-0.3, -0.25) is 15.0 Å². The number of Topliss-reactive ketones (excluding diaryl/α,β-unsaturated/α-hetero) is 1. The number of unbranched alkanes of at least 4 members (excludes halogenated alkanes) is 1. The molecule has 0 aliphatic carbocycles. The van der Waals surface area contributed by atoms with Crippen LogP contribution in [0.5, 0.6) is 0 Å². The maximum atomic E-state index is 13.9. The molecule has 236 valence electrons. The molecule has 0 aromatic heterocycles. The minimum absolute atomic E-state index is 0.161. The second-order valence-electron chi connectivity index (χ2n) is 12.4. The van der Waals surface area contributed by atoms with E-state index in [1.807, 2.05) is 13.8 Å². The van der Waals surface area contributed by atoms with Gasteiger partial charge in [-0.05, 0) is 69.7 Å². The summed E-state index contributed by atoms with van der Waals surface area (Å²) < 4.78 is 10.8. The van der Waals surface area contributed by atoms with E-state index in [9.17, 15) is 19.8 Å². The molecule has 0 aromatic rings. The van der Waals surface area contributed by atoms with E-state index in [0.717, 1.165) is 25.7 Å². The predicted octanol–water partition coefficient (Wildman–Crippen LogP) is 6.46. The van der Waals surface area contributed by atoms with Gasteiger partial charge in [0.05, 0.1) is 47.9 Å². The van der Waals surface area contributed by atoms with E-state index >= 15 is 0 Å². The van der Waals surface area contributed by atoms with Gasteiger partial charge in [-0.25, -0.2) is 0 Å². The maximum Gasteiger partial charge on any atom is 0.308 e. The second-order valence-corrected chi connectivity index (χ2v) is 14.0. The number of hydrogen-bond donors (Lipinski definition) is 3. The van der Waals surface area contributed by atoms with Crippen molar-refractivity contribution < 1.29 is 29.3 Å². The Balaban J connectivity index is 2.85. The highest BCUT2D eigenvalue weighted by molar-refractivity contribution is 8.14. The van der Waals surface area contributed by atoms with Crippen LogP contribution in [-0.4, -0.2) is 69.8 Å². The second kappa shape index (κ2) is 17.5. The summed E-state index contributed by atoms with van der Waals surface area (Å²) in [7, 11) is 1.24. The monoisotopic (exact) mass is 598 g/mol. The number of rotatable bonds is 21. The van der Waals surface area contributed by atoms with E-state index in [0.29, 0.717) is 48.4 Å². The molecular weight excluding hydrogens is 544 g/mol. The number of epoxide rings is 1. The SMILES string of the molecule is CCC(C)(C(=O)C(CCCCN=[N+]=[N-])C(O)C(C)CCCC1(C)OC1C[C@@H](C)C(C)SC(C)=N)[C@@H](O)CC(=O)OC. The molecule has 3 N–H and O–H groups in total. The van der Waals surface area contributed by atoms with E-state index in [1.54, 1.807) is 25.6 Å². The Labute approximate surface area is 250 Å². The van der Waals surface area contributed by atoms with Crippen LogP contribution in [0.4, 0.5) is 0 Å². The standard InChI is InChI=1S/C30H54N4O6S/c1-9-29(6,24(35)18-26(36)39-8)28(38)23(14-10-11-16-33-34-32)27(37)19(2)13-12-15-30(7)25(40-30)17-20(3)21(4)41-22(5)31/h19-21,23-25,27,31,35,37H,9-18H2,1-8H3/t19?,20-,21?,23?,24+,25?,27?,29?,30?/m1/s1. The predicted molar refractivity (Wildman–Crippen MR) is 164 cm³/mol. The fourth-order valence-corrected chi connectivity index (χ4v) is 6.49. The number of nitrogens with zero attached hydrogens (tertiary/aromatic N) is 3. The molecule has 1 fully saturated rings. The van der Waals surface area contributed by atoms with Gasteiger partial charge < -0.3 is 19.7 Å². The van der Waals surface area contributed by atoms with Gasteiger partial charge in [0.1, 0.15) is 5.78 Å². The van der Waals surface area contributed by atoms with Crippen molar-refractivity contribution >= 4 is 28.6 Å². The topological polar surface area (TPSA) is 169 Å². The van der Waals surface area contributed by atoms with Gasteiger partial charge in [0, 0.05) is 22.6 Å². The van der Waals surface area contributed by atoms with Crippen molar-refractivity contribution in [3.05, 3.63) is 10.4 Å². The first-order valence-electron chi connectivity index (χ1n) is 15.0. The fourth-order valence-electron chi connectivity index (χ4n) is 5.59. The van der Waals surface area contributed by atoms with Gasteiger partial charge in [0.15, 0.2) is 0 Å². The molecule has 9 atom stereocenters. The van der Waals surface area contributed by atoms with E-state index in [-0.39, 0.29) is 29.8 Å². The Morgan fingerprint density at radius 1 is 1.20 bits per heavy atom. The zero-order chi connectivity index (χ0) is 31.4. The molecule has 11 heteroatoms. The van der Waals surface area contributed by atoms with Gasteiger partial charge in [-0.2, -0.15) is 0 Å². The molecule has 7 unspecified atom stereocenters. The number of aliphatic hydroxyl groups excluding tert-OH is 2. The van der Waals surface area contributed by atoms with Gasteiger partial charge in [0.2, 0.25) is 0 Å². The molecule has 10 nitrogen and oxygen atoms in total. The molecule has 0 bridgehead atoms. The van der Waals surface area contributed by atoms with Crippen LogP contribution < -0.4 is 0 Å². The number of carbonyl (C=O) groups excluding carboxylic acids is 2. The number of aliphatic hydroxyl groups is 2. The van der Waals surface area contributed by atoms with Crippen molar-refractivity contribution in [2.45, 2.75) is 135 Å². The zero-order valence-electron chi connectivity index (χ0n) is 26.4. The average Bonchev–Trinajstić information content (AvgIpc) is 3.56. The molecule has 0 aromatic carbocycles. The van der Waals surface area contributed by atoms with Crippen LogP contribution in [-0.2, 0) is 19.1 Å². The van der Waals surface area contributed by atoms with Crippen LogP contribution in [0.15, 0.2) is 5.11 Å². The van der Waals surface area contributed by atoms with Crippen LogP contribution in [0.1, 0.15) is 106 Å². The van der Waals surface area contributed by atoms with E-state index in [4.69, 9.17) is 20.4 Å². The van der Waals surface area contributed by atoms with E-state index < -0.39 is 29.5 Å². The largest absolute Gasteiger partial charge is 0.469 e. The smallest absolute Gasteiger partial charge is 0.308 e. The summed E-state index contributed by atoms with van der Waals surface area (Å²) in [6, 6.07) is 0. The average molecular weight is 599 g/mol. The number of carbonyl (C=O) groups is 2. The Morgan fingerprint density at radius 2 is 1.85 bits per heavy atom. The minimum atomic E-state index is -1.23. The Kier molecular flexibility index (Phi) is 15.9. The first-order chi connectivity index (χ1) is 19.2. The lowest BCUT2D eigenvalue weighted by Crippen LogP contribution is -2.48. The van der Waals surface area contributed by atoms with Crippen LogP contribution in [0, 0.1) is 28.6 Å². The molecule has 41 heavy (non-hydrogen) atoms. The van der Waals surface area contributed by atoms with Crippen molar-refractivity contribution in [3.63, 3.8) is 0 Å². The third kappa shape index (κ3) is 11.5. The number of azide groups is 1. The third-order valence-electron chi connectivity index (χ3n) is 9.16. The Bertz CT molecular complexity index is 915. The van der Waals surface area contributed by atoms with Gasteiger partial charge in [-0.15, -0.1) is 11.8 Å². The number of hydrogen-bond acceptors (Lipinski definition) is 9. The summed E-state index contributed by atoms with van der Waals surface area (Å²) >= 11 is 1.59. The highest BCUT2D eigenvalue weighted by Gasteiger charge is 2.52. The van der Waals surface area contributed by atoms with Gasteiger partial charge in [0.25, 0.3) is 0 Å². The summed E-state index contributed by atoms with van der Waals surface area (Å²) in [6.45, 7) is 14.0. The number of methoxy groups -OCH3 is 1. The molecule has 0 saturated carbocycles. The number of esters is 1. The number of ketones is 1. The summed E-state index contributed by atoms with van der Waals surface area (Å²) in [4.78, 5) is 28.5. The molecule has 1 heterocycles. The first kappa shape index (κ1) is 37.4. The summed E-state index contributed by atoms with van der Waals surface area (Å²) in [5.41, 5.74) is 7.16. The van der Waals surface area contributed by atoms with Crippen LogP contribution >= 0.6 is 11.8 Å². The van der Waals surface area contributed by atoms with Crippen molar-refractivity contribution in [2.24, 2.45) is 28.3 Å². The minimum Gasteiger partial charge on any atom is -0.469 e. The van der Waals surface area contributed by atoms with Crippen LogP contribution in [0.25, 0.3) is 10.4 Å². The molecule has 1 aliphatic heterocycles. The van der Waals surface area contributed by atoms with E-state index in [1.165, 1.54) is 7.11 Å². The highest BCUT2D eigenvalue weighted by atomic mass is 32.2. The lowest BCUT2D eigenvalue weighted by molar-refractivity contribution is -0.151. The molecule has 1 rings (SSSR count). The molecule has 1 aliphatic rings. The first-order valence-corrected chi connectivity index (χ1v) is 15.9. The Hall–Kier alpha value is -1.65. The summed E-state index contributed by atoms with van der Waals surface area (Å²) in [6.07, 6.45) is 3.03. The molecule has 0 spiro atoms. The van der Waals surface area contributed by atoms with Crippen molar-refractivity contribution in [2.75, 3.05) is 13.7 Å². The van der Waals surface area contributed by atoms with Crippen LogP contribution in [0.2, 0.25) is 0 Å². The molecular formula is C30H54N4O6S. The van der Waals surface area contributed by atoms with Crippen molar-refractivity contribution in [1.29, 1.82) is 5.41 Å². The van der Waals surface area contributed by atoms with Gasteiger partial charge >= 0.3 is 5.97 Å². The number of nitrogens with one attached hydrogen (secondary N) is 1. The zero-order valence-corrected chi connectivity index (χ0v) is 27.2. The van der Waals surface area contributed by atoms with Gasteiger partial charge in [-0.1, -0.05) is 52.6 Å². The summed E-state index contributed by atoms with van der Waals surface area (Å²) in [5.74, 6) is -1.29. The Morgan fingerprint density at radius 3 is 2.41 bits per heavy atom. The highest BCUT2D eigenvalue weighted by Crippen LogP contribution is 2.45. The molecule has 1 saturated heterocycles. The van der Waals surface area contributed by atoms with Crippen molar-refractivity contribution in [1.82, 2.24) is 0 Å².